The number of rotatable bonds is 5. The van der Waals surface area contributed by atoms with Crippen molar-refractivity contribution in [3.05, 3.63) is 70.2 Å². The fourth-order valence-corrected chi connectivity index (χ4v) is 4.22. The number of Topliss-reactive ketones (excluding diaryl/α,β-unsaturated/α-hetero) is 1. The lowest BCUT2D eigenvalue weighted by atomic mass is 9.60. The number of halogens is 1. The number of hydrogen-bond acceptors (Lipinski definition) is 5. The van der Waals surface area contributed by atoms with Gasteiger partial charge in [-0.3, -0.25) is 9.59 Å². The normalized spacial score (nSPS) is 22.8. The zero-order valence-electron chi connectivity index (χ0n) is 16.5. The predicted octanol–water partition coefficient (Wildman–Crippen LogP) is 5.52. The predicted molar refractivity (Wildman–Crippen MR) is 111 cm³/mol. The molecule has 1 unspecified atom stereocenters. The lowest BCUT2D eigenvalue weighted by Crippen LogP contribution is -2.34. The molecule has 2 aromatic rings. The van der Waals surface area contributed by atoms with Crippen LogP contribution in [0.5, 0.6) is 0 Å². The lowest BCUT2D eigenvalue weighted by Gasteiger charge is -2.46. The van der Waals surface area contributed by atoms with Crippen molar-refractivity contribution in [1.29, 1.82) is 0 Å². The van der Waals surface area contributed by atoms with E-state index in [4.69, 9.17) is 21.1 Å². The van der Waals surface area contributed by atoms with Gasteiger partial charge in [-0.05, 0) is 55.7 Å². The van der Waals surface area contributed by atoms with Crippen molar-refractivity contribution in [3.63, 3.8) is 0 Å². The zero-order valence-corrected chi connectivity index (χ0v) is 17.3. The Kier molecular flexibility index (Phi) is 6.18. The van der Waals surface area contributed by atoms with Crippen LogP contribution in [0.15, 0.2) is 48.5 Å². The van der Waals surface area contributed by atoms with Gasteiger partial charge in [-0.2, -0.15) is 0 Å². The smallest absolute Gasteiger partial charge is 0.342 e. The second kappa shape index (κ2) is 9.00. The number of ether oxygens (including phenoxy) is 2. The van der Waals surface area contributed by atoms with Crippen LogP contribution in [0.4, 0.5) is 0 Å². The van der Waals surface area contributed by atoms with E-state index in [-0.39, 0.29) is 18.6 Å². The Bertz CT molecular complexity index is 952. The third-order valence-electron chi connectivity index (χ3n) is 6.10. The summed E-state index contributed by atoms with van der Waals surface area (Å²) >= 11 is 5.95. The van der Waals surface area contributed by atoms with E-state index >= 15 is 0 Å². The molecular weight excluding hydrogens is 404 g/mol. The summed E-state index contributed by atoms with van der Waals surface area (Å²) < 4.78 is 10.2. The van der Waals surface area contributed by atoms with Gasteiger partial charge in [0.1, 0.15) is 0 Å². The zero-order chi connectivity index (χ0) is 21.1. The summed E-state index contributed by atoms with van der Waals surface area (Å²) in [5, 5.41) is 0.342. The maximum absolute atomic E-state index is 12.1. The minimum atomic E-state index is -1.06. The molecule has 3 aliphatic rings. The first-order valence-corrected chi connectivity index (χ1v) is 10.7. The average Bonchev–Trinajstić information content (AvgIpc) is 3.05. The molecule has 0 aromatic heterocycles. The number of ketones is 1. The molecule has 6 heteroatoms. The molecule has 1 aliphatic heterocycles. The Balaban J connectivity index is 0.000000305. The molecule has 2 aromatic carbocycles. The molecule has 2 saturated carbocycles. The Morgan fingerprint density at radius 1 is 0.933 bits per heavy atom. The Hall–Kier alpha value is -2.66. The third kappa shape index (κ3) is 4.41. The van der Waals surface area contributed by atoms with Gasteiger partial charge in [0.25, 0.3) is 6.29 Å². The van der Waals surface area contributed by atoms with Gasteiger partial charge in [-0.15, -0.1) is 0 Å². The first-order valence-electron chi connectivity index (χ1n) is 10.3. The van der Waals surface area contributed by atoms with E-state index in [1.54, 1.807) is 74.2 Å². The summed E-state index contributed by atoms with van der Waals surface area (Å²) in [5.74, 6) is 1.02. The van der Waals surface area contributed by atoms with Crippen LogP contribution in [-0.2, 0) is 14.3 Å². The van der Waals surface area contributed by atoms with Crippen LogP contribution in [0.3, 0.4) is 0 Å². The van der Waals surface area contributed by atoms with E-state index in [1.807, 2.05) is 0 Å². The van der Waals surface area contributed by atoms with Crippen molar-refractivity contribution in [2.75, 3.05) is 0 Å². The molecule has 0 spiro atoms. The van der Waals surface area contributed by atoms with Crippen molar-refractivity contribution in [1.82, 2.24) is 0 Å². The van der Waals surface area contributed by atoms with Crippen LogP contribution in [0.25, 0.3) is 0 Å². The quantitative estimate of drug-likeness (QED) is 0.465. The van der Waals surface area contributed by atoms with Gasteiger partial charge in [0.15, 0.2) is 5.78 Å². The summed E-state index contributed by atoms with van der Waals surface area (Å²) in [4.78, 5) is 35.7. The van der Waals surface area contributed by atoms with Gasteiger partial charge >= 0.3 is 11.9 Å². The molecule has 5 rings (SSSR count). The maximum atomic E-state index is 12.1. The monoisotopic (exact) mass is 426 g/mol. The molecule has 0 saturated heterocycles. The molecule has 1 atom stereocenters. The third-order valence-corrected chi connectivity index (χ3v) is 6.43. The van der Waals surface area contributed by atoms with E-state index in [0.717, 1.165) is 0 Å². The van der Waals surface area contributed by atoms with Crippen LogP contribution in [0.1, 0.15) is 71.1 Å². The van der Waals surface area contributed by atoms with Crippen molar-refractivity contribution >= 4 is 29.3 Å². The summed E-state index contributed by atoms with van der Waals surface area (Å²) in [5.41, 5.74) is 1.25. The molecular formula is C24H23ClO5. The summed E-state index contributed by atoms with van der Waals surface area (Å²) in [6.07, 6.45) is 5.02. The van der Waals surface area contributed by atoms with E-state index in [0.29, 0.717) is 21.7 Å². The summed E-state index contributed by atoms with van der Waals surface area (Å²) in [6.45, 7) is 0. The average molecular weight is 427 g/mol. The van der Waals surface area contributed by atoms with Crippen molar-refractivity contribution < 1.29 is 23.9 Å². The summed E-state index contributed by atoms with van der Waals surface area (Å²) in [7, 11) is 0. The van der Waals surface area contributed by atoms with Gasteiger partial charge in [0, 0.05) is 17.5 Å². The molecule has 156 valence electrons. The number of carbonyl (C=O) groups excluding carboxylic acids is 3. The van der Waals surface area contributed by atoms with Crippen molar-refractivity contribution in [2.24, 2.45) is 11.8 Å². The molecule has 0 bridgehead atoms. The van der Waals surface area contributed by atoms with E-state index in [2.05, 4.69) is 0 Å². The standard InChI is InChI=1S/C18H13ClO5.C6H10/c19-14-8-4-3-7-13(14)15(20)9-10-16(21)23-18-12-6-2-1-5-11(12)17(22)24-18;1-2-6-4-3-5(1)6/h1-8,18H,9-10H2;5-6H,1-4H2. The number of hydrogen-bond donors (Lipinski definition) is 0. The van der Waals surface area contributed by atoms with Gasteiger partial charge in [-0.25, -0.2) is 4.79 Å². The van der Waals surface area contributed by atoms with Crippen LogP contribution >= 0.6 is 11.6 Å². The number of benzene rings is 2. The van der Waals surface area contributed by atoms with E-state index in [9.17, 15) is 14.4 Å². The number of fused-ring (bicyclic) bond motifs is 2. The summed E-state index contributed by atoms with van der Waals surface area (Å²) in [6, 6.07) is 13.3. The highest BCUT2D eigenvalue weighted by atomic mass is 35.5. The second-order valence-electron chi connectivity index (χ2n) is 7.89. The molecule has 5 nitrogen and oxygen atoms in total. The fourth-order valence-electron chi connectivity index (χ4n) is 3.98. The molecule has 1 heterocycles. The van der Waals surface area contributed by atoms with E-state index in [1.165, 1.54) is 11.8 Å². The van der Waals surface area contributed by atoms with Crippen LogP contribution in [-0.4, -0.2) is 17.7 Å². The Morgan fingerprint density at radius 3 is 2.20 bits per heavy atom. The van der Waals surface area contributed by atoms with Crippen molar-refractivity contribution in [3.8, 4) is 0 Å². The molecule has 0 radical (unpaired) electrons. The molecule has 2 fully saturated rings. The van der Waals surface area contributed by atoms with Crippen LogP contribution in [0.2, 0.25) is 5.02 Å². The molecule has 0 N–H and O–H groups in total. The molecule has 0 amide bonds. The lowest BCUT2D eigenvalue weighted by molar-refractivity contribution is -0.167. The maximum Gasteiger partial charge on any atom is 0.342 e. The first-order chi connectivity index (χ1) is 14.5. The van der Waals surface area contributed by atoms with Gasteiger partial charge in [0.05, 0.1) is 17.0 Å². The Morgan fingerprint density at radius 2 is 1.57 bits per heavy atom. The van der Waals surface area contributed by atoms with E-state index < -0.39 is 18.2 Å². The van der Waals surface area contributed by atoms with Gasteiger partial charge in [-0.1, -0.05) is 41.9 Å². The van der Waals surface area contributed by atoms with Crippen LogP contribution in [0, 0.1) is 11.8 Å². The van der Waals surface area contributed by atoms with Gasteiger partial charge in [0.2, 0.25) is 0 Å². The second-order valence-corrected chi connectivity index (χ2v) is 8.30. The minimum Gasteiger partial charge on any atom is -0.421 e. The number of esters is 2. The molecule has 2 aliphatic carbocycles. The first kappa shape index (κ1) is 20.6. The SMILES string of the molecule is C1CC2CCC12.O=C(CCC(=O)c1ccccc1Cl)OC1OC(=O)c2ccccc21. The number of cyclic esters (lactones) is 1. The highest BCUT2D eigenvalue weighted by molar-refractivity contribution is 6.34. The van der Waals surface area contributed by atoms with Crippen molar-refractivity contribution in [2.45, 2.75) is 44.8 Å². The fraction of sp³-hybridized carbons (Fsp3) is 0.375. The minimum absolute atomic E-state index is 0.0368. The topological polar surface area (TPSA) is 69.7 Å². The largest absolute Gasteiger partial charge is 0.421 e. The molecule has 30 heavy (non-hydrogen) atoms. The van der Waals surface area contributed by atoms with Gasteiger partial charge < -0.3 is 9.47 Å². The highest BCUT2D eigenvalue weighted by Crippen LogP contribution is 2.49. The number of carbonyl (C=O) groups is 3. The van der Waals surface area contributed by atoms with Crippen LogP contribution < -0.4 is 0 Å². The Labute approximate surface area is 180 Å². The highest BCUT2D eigenvalue weighted by Gasteiger charge is 2.37.